The van der Waals surface area contributed by atoms with Crippen molar-refractivity contribution in [3.63, 3.8) is 0 Å². The number of nitrogens with one attached hydrogen (secondary N) is 1. The zero-order valence-electron chi connectivity index (χ0n) is 17.7. The Hall–Kier alpha value is -3.06. The van der Waals surface area contributed by atoms with Crippen LogP contribution < -0.4 is 14.8 Å². The van der Waals surface area contributed by atoms with Gasteiger partial charge in [-0.15, -0.1) is 0 Å². The molecule has 2 N–H and O–H groups in total. The normalized spacial score (nSPS) is 15.3. The molecule has 0 amide bonds. The molecule has 0 bridgehead atoms. The van der Waals surface area contributed by atoms with Crippen LogP contribution in [0.4, 0.5) is 11.5 Å². The van der Waals surface area contributed by atoms with Crippen LogP contribution in [0.15, 0.2) is 36.7 Å². The molecule has 0 atom stereocenters. The van der Waals surface area contributed by atoms with Gasteiger partial charge in [0.1, 0.15) is 17.9 Å². The van der Waals surface area contributed by atoms with E-state index in [1.165, 1.54) is 6.33 Å². The second-order valence-electron chi connectivity index (χ2n) is 7.87. The minimum absolute atomic E-state index is 0.237. The lowest BCUT2D eigenvalue weighted by Gasteiger charge is -2.28. The molecule has 1 fully saturated rings. The van der Waals surface area contributed by atoms with Gasteiger partial charge >= 0.3 is 0 Å². The van der Waals surface area contributed by atoms with Crippen LogP contribution in [-0.2, 0) is 0 Å². The predicted molar refractivity (Wildman–Crippen MR) is 118 cm³/mol. The van der Waals surface area contributed by atoms with Crippen molar-refractivity contribution in [2.75, 3.05) is 39.2 Å². The number of aromatic hydroxyl groups is 1. The Morgan fingerprint density at radius 3 is 2.73 bits per heavy atom. The highest BCUT2D eigenvalue weighted by atomic mass is 16.5. The Kier molecular flexibility index (Phi) is 5.90. The number of ether oxygens (including phenoxy) is 2. The van der Waals surface area contributed by atoms with Gasteiger partial charge in [0.05, 0.1) is 19.2 Å². The summed E-state index contributed by atoms with van der Waals surface area (Å²) in [5, 5.41) is 14.1. The molecule has 7 heteroatoms. The molecule has 0 unspecified atom stereocenters. The van der Waals surface area contributed by atoms with Crippen LogP contribution in [-0.4, -0.2) is 53.8 Å². The van der Waals surface area contributed by atoms with E-state index in [-0.39, 0.29) is 5.75 Å². The molecule has 158 valence electrons. The molecule has 1 aliphatic heterocycles. The van der Waals surface area contributed by atoms with Crippen molar-refractivity contribution in [2.24, 2.45) is 5.92 Å². The maximum Gasteiger partial charge on any atom is 0.163 e. The third-order valence-electron chi connectivity index (χ3n) is 5.79. The van der Waals surface area contributed by atoms with Crippen molar-refractivity contribution >= 4 is 22.4 Å². The maximum absolute atomic E-state index is 9.98. The molecule has 1 saturated heterocycles. The third kappa shape index (κ3) is 4.26. The fourth-order valence-corrected chi connectivity index (χ4v) is 3.76. The zero-order valence-corrected chi connectivity index (χ0v) is 17.7. The Morgan fingerprint density at radius 1 is 1.17 bits per heavy atom. The molecule has 1 aromatic heterocycles. The van der Waals surface area contributed by atoms with Crippen molar-refractivity contribution in [3.05, 3.63) is 42.2 Å². The number of anilines is 2. The number of aromatic nitrogens is 2. The van der Waals surface area contributed by atoms with E-state index in [0.717, 1.165) is 48.1 Å². The molecule has 3 aromatic rings. The summed E-state index contributed by atoms with van der Waals surface area (Å²) in [5.74, 6) is 2.79. The van der Waals surface area contributed by atoms with E-state index in [1.807, 2.05) is 25.1 Å². The number of nitrogens with zero attached hydrogens (tertiary/aromatic N) is 3. The van der Waals surface area contributed by atoms with Gasteiger partial charge < -0.3 is 24.8 Å². The van der Waals surface area contributed by atoms with Gasteiger partial charge in [0.15, 0.2) is 11.5 Å². The first kappa shape index (κ1) is 20.2. The molecule has 2 aromatic carbocycles. The number of fused-ring (bicyclic) bond motifs is 1. The summed E-state index contributed by atoms with van der Waals surface area (Å²) in [4.78, 5) is 11.2. The fraction of sp³-hybridized carbons (Fsp3) is 0.391. The highest BCUT2D eigenvalue weighted by Gasteiger charge is 2.19. The Morgan fingerprint density at radius 2 is 1.97 bits per heavy atom. The number of likely N-dealkylation sites (tertiary alicyclic amines) is 1. The van der Waals surface area contributed by atoms with Crippen molar-refractivity contribution in [1.29, 1.82) is 0 Å². The first-order valence-electron chi connectivity index (χ1n) is 10.2. The van der Waals surface area contributed by atoms with Crippen LogP contribution in [0.5, 0.6) is 17.2 Å². The molecule has 1 aliphatic rings. The number of piperidine rings is 1. The summed E-state index contributed by atoms with van der Waals surface area (Å²) in [5.41, 5.74) is 2.32. The second-order valence-corrected chi connectivity index (χ2v) is 7.87. The smallest absolute Gasteiger partial charge is 0.163 e. The number of hydrogen-bond donors (Lipinski definition) is 2. The fourth-order valence-electron chi connectivity index (χ4n) is 3.76. The van der Waals surface area contributed by atoms with Crippen LogP contribution >= 0.6 is 0 Å². The number of phenols is 1. The highest BCUT2D eigenvalue weighted by molar-refractivity contribution is 5.93. The highest BCUT2D eigenvalue weighted by Crippen LogP contribution is 2.36. The Balaban J connectivity index is 1.59. The van der Waals surface area contributed by atoms with Gasteiger partial charge in [0.2, 0.25) is 0 Å². The first-order valence-corrected chi connectivity index (χ1v) is 10.2. The lowest BCUT2D eigenvalue weighted by Crippen LogP contribution is -2.32. The molecule has 2 heterocycles. The Bertz CT molecular complexity index is 1030. The van der Waals surface area contributed by atoms with Crippen LogP contribution in [0.3, 0.4) is 0 Å². The van der Waals surface area contributed by atoms with Gasteiger partial charge in [0.25, 0.3) is 0 Å². The van der Waals surface area contributed by atoms with Crippen molar-refractivity contribution in [2.45, 2.75) is 19.8 Å². The SMILES string of the molecule is COc1cc2c(Nc3cccc(O)c3C)ncnc2cc1OCC1CCN(C)CC1. The van der Waals surface area contributed by atoms with E-state index in [1.54, 1.807) is 19.2 Å². The van der Waals surface area contributed by atoms with E-state index in [9.17, 15) is 5.11 Å². The number of hydrogen-bond acceptors (Lipinski definition) is 7. The van der Waals surface area contributed by atoms with E-state index in [0.29, 0.717) is 29.8 Å². The summed E-state index contributed by atoms with van der Waals surface area (Å²) in [6.45, 7) is 4.75. The summed E-state index contributed by atoms with van der Waals surface area (Å²) in [6.07, 6.45) is 3.81. The van der Waals surface area contributed by atoms with Crippen molar-refractivity contribution in [3.8, 4) is 17.2 Å². The molecular formula is C23H28N4O3. The van der Waals surface area contributed by atoms with E-state index in [2.05, 4.69) is 27.2 Å². The average Bonchev–Trinajstić information content (AvgIpc) is 2.76. The topological polar surface area (TPSA) is 79.7 Å². The second kappa shape index (κ2) is 8.75. The van der Waals surface area contributed by atoms with Crippen molar-refractivity contribution in [1.82, 2.24) is 14.9 Å². The van der Waals surface area contributed by atoms with Gasteiger partial charge in [-0.25, -0.2) is 9.97 Å². The lowest BCUT2D eigenvalue weighted by molar-refractivity contribution is 0.157. The third-order valence-corrected chi connectivity index (χ3v) is 5.79. The Labute approximate surface area is 176 Å². The predicted octanol–water partition coefficient (Wildman–Crippen LogP) is 4.12. The number of benzene rings is 2. The van der Waals surface area contributed by atoms with Crippen LogP contribution in [0.1, 0.15) is 18.4 Å². The average molecular weight is 409 g/mol. The monoisotopic (exact) mass is 408 g/mol. The summed E-state index contributed by atoms with van der Waals surface area (Å²) >= 11 is 0. The lowest BCUT2D eigenvalue weighted by atomic mass is 9.98. The maximum atomic E-state index is 9.98. The molecule has 30 heavy (non-hydrogen) atoms. The van der Waals surface area contributed by atoms with E-state index in [4.69, 9.17) is 9.47 Å². The van der Waals surface area contributed by atoms with Crippen LogP contribution in [0.2, 0.25) is 0 Å². The summed E-state index contributed by atoms with van der Waals surface area (Å²) in [6, 6.07) is 9.17. The zero-order chi connectivity index (χ0) is 21.1. The first-order chi connectivity index (χ1) is 14.5. The number of methoxy groups -OCH3 is 1. The van der Waals surface area contributed by atoms with Gasteiger partial charge in [-0.2, -0.15) is 0 Å². The van der Waals surface area contributed by atoms with Crippen molar-refractivity contribution < 1.29 is 14.6 Å². The van der Waals surface area contributed by atoms with Gasteiger partial charge in [-0.05, 0) is 64.0 Å². The summed E-state index contributed by atoms with van der Waals surface area (Å²) < 4.78 is 11.7. The van der Waals surface area contributed by atoms with Gasteiger partial charge in [-0.1, -0.05) is 6.07 Å². The quantitative estimate of drug-likeness (QED) is 0.635. The largest absolute Gasteiger partial charge is 0.508 e. The standard InChI is InChI=1S/C23H28N4O3/c1-15-18(5-4-6-20(15)28)26-23-17-11-21(29-3)22(12-19(17)24-14-25-23)30-13-16-7-9-27(2)10-8-16/h4-6,11-12,14,16,28H,7-10,13H2,1-3H3,(H,24,25,26). The molecule has 7 nitrogen and oxygen atoms in total. The van der Waals surface area contributed by atoms with E-state index >= 15 is 0 Å². The molecule has 0 radical (unpaired) electrons. The molecular weight excluding hydrogens is 380 g/mol. The molecule has 0 saturated carbocycles. The minimum atomic E-state index is 0.237. The number of phenolic OH excluding ortho intramolecular Hbond substituents is 1. The minimum Gasteiger partial charge on any atom is -0.508 e. The molecule has 0 aliphatic carbocycles. The van der Waals surface area contributed by atoms with Gasteiger partial charge in [-0.3, -0.25) is 0 Å². The summed E-state index contributed by atoms with van der Waals surface area (Å²) in [7, 11) is 3.80. The molecule has 4 rings (SSSR count). The number of rotatable bonds is 6. The van der Waals surface area contributed by atoms with Crippen LogP contribution in [0, 0.1) is 12.8 Å². The molecule has 0 spiro atoms. The van der Waals surface area contributed by atoms with Crippen LogP contribution in [0.25, 0.3) is 10.9 Å². The van der Waals surface area contributed by atoms with E-state index < -0.39 is 0 Å². The van der Waals surface area contributed by atoms with Gasteiger partial charge in [0, 0.05) is 22.7 Å².